The minimum Gasteiger partial charge on any atom is -0.451 e. The minimum atomic E-state index is -3.11. The molecule has 0 bridgehead atoms. The maximum Gasteiger partial charge on any atom is 0.811 e. The Morgan fingerprint density at radius 3 is 1.35 bits per heavy atom. The lowest BCUT2D eigenvalue weighted by Gasteiger charge is -2.06. The van der Waals surface area contributed by atoms with E-state index in [9.17, 15) is 23.7 Å². The lowest BCUT2D eigenvalue weighted by atomic mass is 10.4. The van der Waals surface area contributed by atoms with Crippen molar-refractivity contribution in [2.24, 2.45) is 0 Å². The van der Waals surface area contributed by atoms with Crippen LogP contribution in [0.15, 0.2) is 0 Å². The van der Waals surface area contributed by atoms with Gasteiger partial charge >= 0.3 is 32.1 Å². The first-order valence-corrected chi connectivity index (χ1v) is 6.48. The summed E-state index contributed by atoms with van der Waals surface area (Å²) in [5.41, 5.74) is 0. The Kier molecular flexibility index (Phi) is 7.38. The van der Waals surface area contributed by atoms with E-state index in [4.69, 9.17) is 0 Å². The van der Waals surface area contributed by atoms with Crippen LogP contribution in [0.5, 0.6) is 0 Å². The molecule has 2 atom stereocenters. The average Bonchev–Trinajstić information content (AvgIpc) is 2.26. The van der Waals surface area contributed by atoms with Crippen LogP contribution >= 0.6 is 8.25 Å². The second kappa shape index (κ2) is 8.21. The van der Waals surface area contributed by atoms with E-state index in [0.717, 1.165) is 13.8 Å². The molecule has 0 radical (unpaired) electrons. The van der Waals surface area contributed by atoms with E-state index in [0.29, 0.717) is 0 Å². The van der Waals surface area contributed by atoms with Gasteiger partial charge in [0.15, 0.2) is 0 Å². The normalized spacial score (nSPS) is 13.5. The highest BCUT2D eigenvalue weighted by molar-refractivity contribution is 7.34. The monoisotopic (exact) mass is 309 g/mol. The minimum absolute atomic E-state index is 0.731. The number of rotatable bonds is 6. The third-order valence-electron chi connectivity index (χ3n) is 1.68. The van der Waals surface area contributed by atoms with Crippen molar-refractivity contribution in [3.8, 4) is 0 Å². The highest BCUT2D eigenvalue weighted by Gasteiger charge is 2.37. The summed E-state index contributed by atoms with van der Waals surface area (Å²) in [6.45, 7) is 4.53. The van der Waals surface area contributed by atoms with Crippen LogP contribution < -0.4 is 0 Å². The molecule has 0 spiro atoms. The molecule has 0 saturated heterocycles. The second-order valence-corrected chi connectivity index (χ2v) is 4.36. The largest absolute Gasteiger partial charge is 0.811 e. The van der Waals surface area contributed by atoms with Gasteiger partial charge in [-0.2, -0.15) is 9.05 Å². The van der Waals surface area contributed by atoms with Crippen molar-refractivity contribution >= 4 is 32.1 Å². The predicted molar refractivity (Wildman–Crippen MR) is 62.2 cm³/mol. The number of carbonyl (C=O) groups is 4. The summed E-state index contributed by atoms with van der Waals surface area (Å²) in [5, 5.41) is 0. The number of ether oxygens (including phenoxy) is 2. The Morgan fingerprint density at radius 1 is 0.800 bits per heavy atom. The van der Waals surface area contributed by atoms with E-state index in [1.54, 1.807) is 0 Å². The molecule has 0 aromatic heterocycles. The first kappa shape index (κ1) is 18.0. The summed E-state index contributed by atoms with van der Waals surface area (Å²) in [6.07, 6.45) is -2.59. The van der Waals surface area contributed by atoms with E-state index >= 15 is 0 Å². The molecule has 0 N–H and O–H groups in total. The van der Waals surface area contributed by atoms with Crippen LogP contribution in [0, 0.1) is 0 Å². The first-order chi connectivity index (χ1) is 9.13. The van der Waals surface area contributed by atoms with Crippen molar-refractivity contribution in [2.45, 2.75) is 39.9 Å². The summed E-state index contributed by atoms with van der Waals surface area (Å²) >= 11 is 0. The summed E-state index contributed by atoms with van der Waals surface area (Å²) in [7, 11) is -3.11. The van der Waals surface area contributed by atoms with Crippen molar-refractivity contribution in [1.82, 2.24) is 0 Å². The SMILES string of the molecule is CC(=O)OC(C)C(=O)O[P+](=O)OC(=O)C(C)OC(C)=O. The topological polar surface area (TPSA) is 122 Å². The van der Waals surface area contributed by atoms with Crippen molar-refractivity contribution in [1.29, 1.82) is 0 Å². The van der Waals surface area contributed by atoms with E-state index < -0.39 is 44.3 Å². The molecule has 0 aliphatic heterocycles. The highest BCUT2D eigenvalue weighted by atomic mass is 31.1. The van der Waals surface area contributed by atoms with Crippen LogP contribution in [0.2, 0.25) is 0 Å². The molecule has 2 unspecified atom stereocenters. The van der Waals surface area contributed by atoms with Gasteiger partial charge in [-0.05, 0) is 13.8 Å². The molecular formula is C10H14O9P+. The van der Waals surface area contributed by atoms with Crippen LogP contribution in [-0.4, -0.2) is 36.1 Å². The third-order valence-corrected chi connectivity index (χ3v) is 2.34. The van der Waals surface area contributed by atoms with Gasteiger partial charge in [-0.3, -0.25) is 9.59 Å². The van der Waals surface area contributed by atoms with Crippen molar-refractivity contribution < 1.29 is 42.3 Å². The second-order valence-electron chi connectivity index (χ2n) is 3.55. The Labute approximate surface area is 115 Å². The molecule has 0 saturated carbocycles. The lowest BCUT2D eigenvalue weighted by Crippen LogP contribution is -2.25. The van der Waals surface area contributed by atoms with E-state index in [1.165, 1.54) is 13.8 Å². The standard InChI is InChI=1S/C10H14O9P/c1-5(16-7(3)11)9(13)18-20(15)19-10(14)6(2)17-8(4)12/h5-6H,1-4H3/q+1. The van der Waals surface area contributed by atoms with Gasteiger partial charge < -0.3 is 9.47 Å². The van der Waals surface area contributed by atoms with Crippen molar-refractivity contribution in [3.63, 3.8) is 0 Å². The van der Waals surface area contributed by atoms with E-state index in [1.807, 2.05) is 0 Å². The summed E-state index contributed by atoms with van der Waals surface area (Å²) < 4.78 is 28.7. The number of hydrogen-bond donors (Lipinski definition) is 0. The smallest absolute Gasteiger partial charge is 0.451 e. The van der Waals surface area contributed by atoms with Gasteiger partial charge in [0.05, 0.1) is 0 Å². The molecule has 10 heteroatoms. The van der Waals surface area contributed by atoms with Crippen molar-refractivity contribution in [3.05, 3.63) is 0 Å². The van der Waals surface area contributed by atoms with Crippen LogP contribution in [0.25, 0.3) is 0 Å². The molecule has 9 nitrogen and oxygen atoms in total. The highest BCUT2D eigenvalue weighted by Crippen LogP contribution is 2.26. The maximum atomic E-state index is 11.3. The Hall–Kier alpha value is -2.02. The lowest BCUT2D eigenvalue weighted by molar-refractivity contribution is -0.162. The van der Waals surface area contributed by atoms with Gasteiger partial charge in [-0.15, -0.1) is 0 Å². The molecule has 0 amide bonds. The fraction of sp³-hybridized carbons (Fsp3) is 0.600. The van der Waals surface area contributed by atoms with Gasteiger partial charge in [0.25, 0.3) is 0 Å². The average molecular weight is 309 g/mol. The molecule has 0 aliphatic carbocycles. The van der Waals surface area contributed by atoms with E-state index in [2.05, 4.69) is 18.5 Å². The van der Waals surface area contributed by atoms with Crippen LogP contribution in [0.4, 0.5) is 0 Å². The number of esters is 2. The Balaban J connectivity index is 4.28. The van der Waals surface area contributed by atoms with Crippen molar-refractivity contribution in [2.75, 3.05) is 0 Å². The van der Waals surface area contributed by atoms with Crippen LogP contribution in [0.3, 0.4) is 0 Å². The quantitative estimate of drug-likeness (QED) is 0.513. The van der Waals surface area contributed by atoms with E-state index in [-0.39, 0.29) is 0 Å². The Bertz CT molecular complexity index is 392. The van der Waals surface area contributed by atoms with Crippen LogP contribution in [-0.2, 0) is 42.3 Å². The molecule has 20 heavy (non-hydrogen) atoms. The maximum absolute atomic E-state index is 11.3. The molecule has 0 aromatic carbocycles. The molecule has 112 valence electrons. The molecule has 0 rings (SSSR count). The summed E-state index contributed by atoms with van der Waals surface area (Å²) in [5.74, 6) is -3.75. The first-order valence-electron chi connectivity index (χ1n) is 5.38. The zero-order chi connectivity index (χ0) is 15.9. The molecule has 0 aliphatic rings. The van der Waals surface area contributed by atoms with Gasteiger partial charge in [0, 0.05) is 18.4 Å². The van der Waals surface area contributed by atoms with Gasteiger partial charge in [0.2, 0.25) is 12.2 Å². The van der Waals surface area contributed by atoms with Crippen LogP contribution in [0.1, 0.15) is 27.7 Å². The molecule has 0 heterocycles. The zero-order valence-corrected chi connectivity index (χ0v) is 12.2. The molecular weight excluding hydrogens is 295 g/mol. The van der Waals surface area contributed by atoms with Gasteiger partial charge in [0.1, 0.15) is 0 Å². The van der Waals surface area contributed by atoms with Gasteiger partial charge in [-0.25, -0.2) is 9.59 Å². The number of hydrogen-bond acceptors (Lipinski definition) is 9. The fourth-order valence-corrected chi connectivity index (χ4v) is 1.54. The zero-order valence-electron chi connectivity index (χ0n) is 11.3. The third kappa shape index (κ3) is 7.42. The summed E-state index contributed by atoms with van der Waals surface area (Å²) in [4.78, 5) is 43.7. The fourth-order valence-electron chi connectivity index (χ4n) is 0.908. The molecule has 0 aromatic rings. The Morgan fingerprint density at radius 2 is 1.10 bits per heavy atom. The summed E-state index contributed by atoms with van der Waals surface area (Å²) in [6, 6.07) is 0. The van der Waals surface area contributed by atoms with Gasteiger partial charge in [-0.1, -0.05) is 0 Å². The number of carbonyl (C=O) groups excluding carboxylic acids is 4. The molecule has 0 fully saturated rings. The predicted octanol–water partition coefficient (Wildman–Crippen LogP) is 0.633.